The maximum Gasteiger partial charge on any atom is 0.162 e. The van der Waals surface area contributed by atoms with E-state index in [1.54, 1.807) is 0 Å². The molecule has 0 atom stereocenters. The van der Waals surface area contributed by atoms with E-state index in [-0.39, 0.29) is 5.78 Å². The smallest absolute Gasteiger partial charge is 0.162 e. The minimum Gasteiger partial charge on any atom is -0.294 e. The summed E-state index contributed by atoms with van der Waals surface area (Å²) in [7, 11) is 0. The summed E-state index contributed by atoms with van der Waals surface area (Å²) in [5.41, 5.74) is 2.09. The van der Waals surface area contributed by atoms with Crippen molar-refractivity contribution in [1.82, 2.24) is 0 Å². The number of carbonyl (C=O) groups excluding carboxylic acids is 1. The van der Waals surface area contributed by atoms with Crippen LogP contribution in [0.1, 0.15) is 20.3 Å². The van der Waals surface area contributed by atoms with Crippen LogP contribution in [0.15, 0.2) is 23.3 Å². The van der Waals surface area contributed by atoms with Gasteiger partial charge in [-0.3, -0.25) is 4.79 Å². The van der Waals surface area contributed by atoms with Gasteiger partial charge in [0.25, 0.3) is 0 Å². The number of carbonyl (C=O) groups is 1. The molecule has 0 radical (unpaired) electrons. The van der Waals surface area contributed by atoms with Gasteiger partial charge in [-0.1, -0.05) is 17.7 Å². The fourth-order valence-corrected chi connectivity index (χ4v) is 0.896. The lowest BCUT2D eigenvalue weighted by molar-refractivity contribution is -0.114. The molecule has 0 saturated heterocycles. The van der Waals surface area contributed by atoms with E-state index < -0.39 is 0 Å². The number of allylic oxidation sites excluding steroid dienone is 4. The van der Waals surface area contributed by atoms with Gasteiger partial charge in [0.15, 0.2) is 5.78 Å². The Morgan fingerprint density at radius 1 is 1.44 bits per heavy atom. The van der Waals surface area contributed by atoms with Crippen molar-refractivity contribution in [3.8, 4) is 0 Å². The second-order valence-electron chi connectivity index (χ2n) is 2.40. The molecule has 1 nitrogen and oxygen atoms in total. The molecule has 0 bridgehead atoms. The Labute approximate surface area is 55.1 Å². The summed E-state index contributed by atoms with van der Waals surface area (Å²) in [5, 5.41) is 0. The first kappa shape index (κ1) is 6.27. The van der Waals surface area contributed by atoms with Crippen molar-refractivity contribution < 1.29 is 4.79 Å². The topological polar surface area (TPSA) is 17.1 Å². The second kappa shape index (κ2) is 2.18. The molecular formula is C8H10O. The van der Waals surface area contributed by atoms with Gasteiger partial charge < -0.3 is 0 Å². The standard InChI is InChI=1S/C8H10O/c1-6-3-4-8(9)7(2)5-6/h3,5H,4H2,1-2H3. The summed E-state index contributed by atoms with van der Waals surface area (Å²) in [4.78, 5) is 10.8. The van der Waals surface area contributed by atoms with Crippen LogP contribution in [0.3, 0.4) is 0 Å². The molecule has 0 amide bonds. The molecule has 9 heavy (non-hydrogen) atoms. The Morgan fingerprint density at radius 2 is 2.11 bits per heavy atom. The molecule has 1 aliphatic carbocycles. The van der Waals surface area contributed by atoms with Crippen LogP contribution in [-0.4, -0.2) is 5.78 Å². The monoisotopic (exact) mass is 122 g/mol. The van der Waals surface area contributed by atoms with E-state index in [2.05, 4.69) is 0 Å². The third-order valence-electron chi connectivity index (χ3n) is 1.49. The van der Waals surface area contributed by atoms with Gasteiger partial charge in [-0.25, -0.2) is 0 Å². The van der Waals surface area contributed by atoms with E-state index in [0.717, 1.165) is 5.57 Å². The van der Waals surface area contributed by atoms with Crippen molar-refractivity contribution in [3.05, 3.63) is 23.3 Å². The predicted molar refractivity (Wildman–Crippen MR) is 37.1 cm³/mol. The quantitative estimate of drug-likeness (QED) is 0.479. The normalized spacial score (nSPS) is 19.1. The van der Waals surface area contributed by atoms with Crippen molar-refractivity contribution in [1.29, 1.82) is 0 Å². The summed E-state index contributed by atoms with van der Waals surface area (Å²) in [6, 6.07) is 0. The molecule has 0 saturated carbocycles. The summed E-state index contributed by atoms with van der Waals surface area (Å²) in [6.07, 6.45) is 4.47. The molecule has 1 aliphatic rings. The lowest BCUT2D eigenvalue weighted by Gasteiger charge is -2.03. The zero-order valence-corrected chi connectivity index (χ0v) is 5.77. The molecule has 0 aromatic carbocycles. The van der Waals surface area contributed by atoms with Gasteiger partial charge in [-0.05, 0) is 19.4 Å². The molecule has 0 aromatic heterocycles. The van der Waals surface area contributed by atoms with Gasteiger partial charge in [-0.2, -0.15) is 0 Å². The minimum absolute atomic E-state index is 0.251. The van der Waals surface area contributed by atoms with E-state index in [0.29, 0.717) is 6.42 Å². The zero-order valence-electron chi connectivity index (χ0n) is 5.77. The average molecular weight is 122 g/mol. The van der Waals surface area contributed by atoms with E-state index in [9.17, 15) is 4.79 Å². The van der Waals surface area contributed by atoms with Crippen LogP contribution >= 0.6 is 0 Å². The predicted octanol–water partition coefficient (Wildman–Crippen LogP) is 1.85. The van der Waals surface area contributed by atoms with E-state index in [1.807, 2.05) is 26.0 Å². The Bertz CT molecular complexity index is 197. The third kappa shape index (κ3) is 1.28. The molecule has 0 unspecified atom stereocenters. The van der Waals surface area contributed by atoms with Crippen molar-refractivity contribution in [3.63, 3.8) is 0 Å². The summed E-state index contributed by atoms with van der Waals surface area (Å²) in [6.45, 7) is 3.87. The molecule has 0 aliphatic heterocycles. The molecule has 0 spiro atoms. The maximum atomic E-state index is 10.8. The van der Waals surface area contributed by atoms with Gasteiger partial charge in [0.2, 0.25) is 0 Å². The summed E-state index contributed by atoms with van der Waals surface area (Å²) in [5.74, 6) is 0.251. The molecule has 0 N–H and O–H groups in total. The van der Waals surface area contributed by atoms with Gasteiger partial charge in [-0.15, -0.1) is 0 Å². The van der Waals surface area contributed by atoms with E-state index in [4.69, 9.17) is 0 Å². The molecule has 1 rings (SSSR count). The number of Topliss-reactive ketones (excluding diaryl/α,β-unsaturated/α-hetero) is 1. The number of hydrogen-bond acceptors (Lipinski definition) is 1. The Morgan fingerprint density at radius 3 is 2.56 bits per heavy atom. The summed E-state index contributed by atoms with van der Waals surface area (Å²) >= 11 is 0. The first-order valence-electron chi connectivity index (χ1n) is 3.08. The highest BCUT2D eigenvalue weighted by Gasteiger charge is 2.06. The molecule has 0 heterocycles. The van der Waals surface area contributed by atoms with Crippen LogP contribution in [-0.2, 0) is 4.79 Å². The van der Waals surface area contributed by atoms with E-state index >= 15 is 0 Å². The second-order valence-corrected chi connectivity index (χ2v) is 2.40. The largest absolute Gasteiger partial charge is 0.294 e. The molecule has 0 aromatic rings. The Hall–Kier alpha value is -0.850. The lowest BCUT2D eigenvalue weighted by atomic mass is 10.0. The zero-order chi connectivity index (χ0) is 6.85. The Balaban J connectivity index is 2.87. The molecular weight excluding hydrogens is 112 g/mol. The van der Waals surface area contributed by atoms with Crippen molar-refractivity contribution in [2.24, 2.45) is 0 Å². The van der Waals surface area contributed by atoms with Crippen molar-refractivity contribution >= 4 is 5.78 Å². The van der Waals surface area contributed by atoms with Crippen molar-refractivity contribution in [2.45, 2.75) is 20.3 Å². The van der Waals surface area contributed by atoms with Crippen LogP contribution in [0.4, 0.5) is 0 Å². The maximum absolute atomic E-state index is 10.8. The number of hydrogen-bond donors (Lipinski definition) is 0. The fourth-order valence-electron chi connectivity index (χ4n) is 0.896. The van der Waals surface area contributed by atoms with Gasteiger partial charge in [0, 0.05) is 6.42 Å². The third-order valence-corrected chi connectivity index (χ3v) is 1.49. The summed E-state index contributed by atoms with van der Waals surface area (Å²) < 4.78 is 0. The first-order chi connectivity index (χ1) is 4.20. The molecule has 1 heteroatoms. The lowest BCUT2D eigenvalue weighted by Crippen LogP contribution is -2.01. The van der Waals surface area contributed by atoms with Gasteiger partial charge >= 0.3 is 0 Å². The highest BCUT2D eigenvalue weighted by atomic mass is 16.1. The highest BCUT2D eigenvalue weighted by Crippen LogP contribution is 2.11. The molecule has 48 valence electrons. The van der Waals surface area contributed by atoms with Crippen LogP contribution < -0.4 is 0 Å². The number of rotatable bonds is 0. The highest BCUT2D eigenvalue weighted by molar-refractivity contribution is 5.97. The average Bonchev–Trinajstić information content (AvgIpc) is 1.80. The molecule has 0 fully saturated rings. The Kier molecular flexibility index (Phi) is 1.52. The van der Waals surface area contributed by atoms with Crippen molar-refractivity contribution in [2.75, 3.05) is 0 Å². The van der Waals surface area contributed by atoms with E-state index in [1.165, 1.54) is 5.57 Å². The SMILES string of the molecule is CC1=CCC(=O)C(C)=C1. The van der Waals surface area contributed by atoms with Gasteiger partial charge in [0.1, 0.15) is 0 Å². The first-order valence-corrected chi connectivity index (χ1v) is 3.08. The van der Waals surface area contributed by atoms with Crippen LogP contribution in [0.25, 0.3) is 0 Å². The van der Waals surface area contributed by atoms with Gasteiger partial charge in [0.05, 0.1) is 0 Å². The van der Waals surface area contributed by atoms with Crippen LogP contribution in [0.2, 0.25) is 0 Å². The minimum atomic E-state index is 0.251. The van der Waals surface area contributed by atoms with Crippen LogP contribution in [0, 0.1) is 0 Å². The fraction of sp³-hybridized carbons (Fsp3) is 0.375. The van der Waals surface area contributed by atoms with Crippen LogP contribution in [0.5, 0.6) is 0 Å². The number of ketones is 1.